The summed E-state index contributed by atoms with van der Waals surface area (Å²) in [5.74, 6) is 0.527. The van der Waals surface area contributed by atoms with Crippen LogP contribution in [0.1, 0.15) is 18.1 Å². The summed E-state index contributed by atoms with van der Waals surface area (Å²) >= 11 is 0. The van der Waals surface area contributed by atoms with Crippen LogP contribution in [0.25, 0.3) is 0 Å². The molecule has 0 radical (unpaired) electrons. The monoisotopic (exact) mass is 310 g/mol. The van der Waals surface area contributed by atoms with E-state index in [9.17, 15) is 4.39 Å². The molecule has 0 spiro atoms. The van der Waals surface area contributed by atoms with Gasteiger partial charge in [-0.25, -0.2) is 14.8 Å². The molecule has 0 fully saturated rings. The van der Waals surface area contributed by atoms with E-state index in [1.807, 2.05) is 25.1 Å². The van der Waals surface area contributed by atoms with E-state index in [4.69, 9.17) is 0 Å². The molecule has 1 N–H and O–H groups in total. The number of aliphatic imine (C=N–C) groups is 1. The number of rotatable bonds is 4. The number of hydrogen-bond acceptors (Lipinski definition) is 4. The molecule has 0 bridgehead atoms. The normalized spacial score (nSPS) is 14.8. The van der Waals surface area contributed by atoms with Crippen molar-refractivity contribution in [2.24, 2.45) is 10.1 Å². The van der Waals surface area contributed by atoms with Gasteiger partial charge in [-0.3, -0.25) is 0 Å². The lowest BCUT2D eigenvalue weighted by molar-refractivity contribution is 0.438. The summed E-state index contributed by atoms with van der Waals surface area (Å²) in [5.41, 5.74) is 5.95. The van der Waals surface area contributed by atoms with Gasteiger partial charge in [0, 0.05) is 13.1 Å². The zero-order chi connectivity index (χ0) is 16.1. The van der Waals surface area contributed by atoms with Crippen molar-refractivity contribution in [1.29, 1.82) is 0 Å². The molecule has 118 valence electrons. The van der Waals surface area contributed by atoms with Crippen molar-refractivity contribution in [3.63, 3.8) is 0 Å². The third-order valence-corrected chi connectivity index (χ3v) is 3.73. The number of nitrogens with zero attached hydrogens (tertiary/aromatic N) is 3. The summed E-state index contributed by atoms with van der Waals surface area (Å²) in [5, 5.41) is 4.37. The lowest BCUT2D eigenvalue weighted by Crippen LogP contribution is -2.35. The van der Waals surface area contributed by atoms with Crippen molar-refractivity contribution in [1.82, 2.24) is 10.3 Å². The van der Waals surface area contributed by atoms with E-state index < -0.39 is 0 Å². The van der Waals surface area contributed by atoms with Crippen molar-refractivity contribution < 1.29 is 4.39 Å². The molecule has 23 heavy (non-hydrogen) atoms. The maximum absolute atomic E-state index is 13.0. The number of hydrazone groups is 1. The first kappa shape index (κ1) is 15.2. The van der Waals surface area contributed by atoms with Crippen molar-refractivity contribution in [3.8, 4) is 0 Å². The predicted molar refractivity (Wildman–Crippen MR) is 90.9 cm³/mol. The average Bonchev–Trinajstić information content (AvgIpc) is 3.01. The van der Waals surface area contributed by atoms with Crippen molar-refractivity contribution in [2.75, 3.05) is 13.1 Å². The van der Waals surface area contributed by atoms with Crippen molar-refractivity contribution in [3.05, 3.63) is 71.5 Å². The van der Waals surface area contributed by atoms with E-state index in [-0.39, 0.29) is 5.82 Å². The Labute approximate surface area is 135 Å². The van der Waals surface area contributed by atoms with Crippen LogP contribution in [0.3, 0.4) is 0 Å². The Morgan fingerprint density at radius 2 is 1.91 bits per heavy atom. The highest BCUT2D eigenvalue weighted by Crippen LogP contribution is 2.09. The minimum atomic E-state index is -0.247. The van der Waals surface area contributed by atoms with Crippen LogP contribution in [0, 0.1) is 5.82 Å². The number of hydrogen-bond donors (Lipinski definition) is 1. The van der Waals surface area contributed by atoms with Gasteiger partial charge in [0.1, 0.15) is 5.82 Å². The van der Waals surface area contributed by atoms with Gasteiger partial charge < -0.3 is 4.90 Å². The lowest BCUT2D eigenvalue weighted by Gasteiger charge is -2.19. The molecule has 1 aliphatic heterocycles. The number of nitrogens with one attached hydrogen (secondary N) is 1. The number of halogens is 1. The van der Waals surface area contributed by atoms with Gasteiger partial charge in [0.15, 0.2) is 0 Å². The smallest absolute Gasteiger partial charge is 0.215 e. The maximum atomic E-state index is 13.0. The van der Waals surface area contributed by atoms with Gasteiger partial charge in [0.25, 0.3) is 0 Å². The molecule has 0 amide bonds. The van der Waals surface area contributed by atoms with Crippen LogP contribution < -0.4 is 5.43 Å². The average molecular weight is 310 g/mol. The topological polar surface area (TPSA) is 40.0 Å². The van der Waals surface area contributed by atoms with Crippen LogP contribution in [0.15, 0.2) is 64.7 Å². The molecular formula is C18H19FN4. The molecule has 0 unspecified atom stereocenters. The second-order valence-corrected chi connectivity index (χ2v) is 5.43. The molecule has 5 heteroatoms. The zero-order valence-electron chi connectivity index (χ0n) is 13.0. The fourth-order valence-electron chi connectivity index (χ4n) is 2.44. The van der Waals surface area contributed by atoms with Crippen LogP contribution in [0.2, 0.25) is 0 Å². The first-order valence-corrected chi connectivity index (χ1v) is 7.62. The Morgan fingerprint density at radius 1 is 1.17 bits per heavy atom. The van der Waals surface area contributed by atoms with E-state index in [0.29, 0.717) is 0 Å². The van der Waals surface area contributed by atoms with Gasteiger partial charge in [-0.2, -0.15) is 5.10 Å². The van der Waals surface area contributed by atoms with Crippen LogP contribution in [0.5, 0.6) is 0 Å². The van der Waals surface area contributed by atoms with E-state index in [0.717, 1.165) is 36.9 Å². The highest BCUT2D eigenvalue weighted by Gasteiger charge is 2.16. The summed E-state index contributed by atoms with van der Waals surface area (Å²) in [6, 6.07) is 16.6. The molecule has 3 rings (SSSR count). The van der Waals surface area contributed by atoms with E-state index in [1.165, 1.54) is 17.7 Å². The van der Waals surface area contributed by atoms with Gasteiger partial charge in [-0.05, 0) is 30.2 Å². The fourth-order valence-corrected chi connectivity index (χ4v) is 2.44. The molecular weight excluding hydrogens is 291 g/mol. The molecule has 4 nitrogen and oxygen atoms in total. The van der Waals surface area contributed by atoms with Gasteiger partial charge in [-0.1, -0.05) is 42.5 Å². The van der Waals surface area contributed by atoms with Crippen LogP contribution in [-0.4, -0.2) is 29.7 Å². The predicted octanol–water partition coefficient (Wildman–Crippen LogP) is 3.01. The minimum absolute atomic E-state index is 0.247. The molecule has 2 aromatic carbocycles. The zero-order valence-corrected chi connectivity index (χ0v) is 13.0. The molecule has 1 heterocycles. The summed E-state index contributed by atoms with van der Waals surface area (Å²) < 4.78 is 13.0. The fraction of sp³-hybridized carbons (Fsp3) is 0.222. The minimum Gasteiger partial charge on any atom is -0.335 e. The SMILES string of the molecule is C/C(=N\NC1=NCCN1Cc1ccccc1)c1ccc(F)cc1. The first-order chi connectivity index (χ1) is 11.2. The quantitative estimate of drug-likeness (QED) is 0.696. The highest BCUT2D eigenvalue weighted by atomic mass is 19.1. The standard InChI is InChI=1S/C18H19FN4/c1-14(16-7-9-17(19)10-8-16)21-22-18-20-11-12-23(18)13-15-5-3-2-4-6-15/h2-10H,11-13H2,1H3,(H,20,22)/b21-14+. The third-order valence-electron chi connectivity index (χ3n) is 3.73. The Balaban J connectivity index is 1.64. The van der Waals surface area contributed by atoms with Crippen LogP contribution in [0.4, 0.5) is 4.39 Å². The second-order valence-electron chi connectivity index (χ2n) is 5.43. The maximum Gasteiger partial charge on any atom is 0.215 e. The van der Waals surface area contributed by atoms with Crippen molar-refractivity contribution >= 4 is 11.7 Å². The Morgan fingerprint density at radius 3 is 2.65 bits per heavy atom. The molecule has 2 aromatic rings. The van der Waals surface area contributed by atoms with Gasteiger partial charge in [-0.15, -0.1) is 0 Å². The second kappa shape index (κ2) is 7.05. The summed E-state index contributed by atoms with van der Waals surface area (Å²) in [4.78, 5) is 6.62. The molecule has 1 aliphatic rings. The third kappa shape index (κ3) is 3.94. The first-order valence-electron chi connectivity index (χ1n) is 7.62. The molecule has 0 saturated carbocycles. The van der Waals surface area contributed by atoms with Crippen molar-refractivity contribution in [2.45, 2.75) is 13.5 Å². The molecule has 0 atom stereocenters. The number of guanidine groups is 1. The largest absolute Gasteiger partial charge is 0.335 e. The Bertz CT molecular complexity index is 708. The molecule has 0 saturated heterocycles. The van der Waals surface area contributed by atoms with Gasteiger partial charge in [0.2, 0.25) is 5.96 Å². The summed E-state index contributed by atoms with van der Waals surface area (Å²) in [6.45, 7) is 4.33. The van der Waals surface area contributed by atoms with Gasteiger partial charge >= 0.3 is 0 Å². The van der Waals surface area contributed by atoms with E-state index in [2.05, 4.69) is 32.6 Å². The summed E-state index contributed by atoms with van der Waals surface area (Å²) in [7, 11) is 0. The van der Waals surface area contributed by atoms with Gasteiger partial charge in [0.05, 0.1) is 12.3 Å². The lowest BCUT2D eigenvalue weighted by atomic mass is 10.1. The summed E-state index contributed by atoms with van der Waals surface area (Å²) in [6.07, 6.45) is 0. The molecule has 0 aliphatic carbocycles. The Kier molecular flexibility index (Phi) is 4.66. The van der Waals surface area contributed by atoms with E-state index in [1.54, 1.807) is 12.1 Å². The highest BCUT2D eigenvalue weighted by molar-refractivity contribution is 5.99. The van der Waals surface area contributed by atoms with E-state index >= 15 is 0 Å². The Hall–Kier alpha value is -2.69. The van der Waals surface area contributed by atoms with Crippen LogP contribution in [-0.2, 0) is 6.54 Å². The molecule has 0 aromatic heterocycles. The van der Waals surface area contributed by atoms with Crippen LogP contribution >= 0.6 is 0 Å². The number of benzene rings is 2.